The van der Waals surface area contributed by atoms with Crippen molar-refractivity contribution < 1.29 is 19.1 Å². The van der Waals surface area contributed by atoms with Crippen molar-refractivity contribution in [3.63, 3.8) is 0 Å². The number of halogens is 1. The Kier molecular flexibility index (Phi) is 9.60. The van der Waals surface area contributed by atoms with Crippen molar-refractivity contribution in [2.24, 2.45) is 5.92 Å². The summed E-state index contributed by atoms with van der Waals surface area (Å²) < 4.78 is 12.4. The zero-order valence-corrected chi connectivity index (χ0v) is 21.0. The van der Waals surface area contributed by atoms with Gasteiger partial charge in [-0.1, -0.05) is 54.1 Å². The fourth-order valence-electron chi connectivity index (χ4n) is 3.57. The Balaban J connectivity index is 2.22. The van der Waals surface area contributed by atoms with Crippen LogP contribution < -0.4 is 0 Å². The fourth-order valence-corrected chi connectivity index (χ4v) is 3.84. The van der Waals surface area contributed by atoms with Crippen LogP contribution in [-0.4, -0.2) is 41.3 Å². The Morgan fingerprint density at radius 1 is 1.16 bits per heavy atom. The van der Waals surface area contributed by atoms with Crippen LogP contribution in [0.2, 0.25) is 0 Å². The van der Waals surface area contributed by atoms with Gasteiger partial charge in [0, 0.05) is 11.0 Å². The third-order valence-electron chi connectivity index (χ3n) is 5.04. The largest absolute Gasteiger partial charge is 0.461 e. The first-order chi connectivity index (χ1) is 14.5. The molecular formula is C25H36BrNO4. The smallest absolute Gasteiger partial charge is 0.411 e. The third-order valence-corrected chi connectivity index (χ3v) is 5.57. The van der Waals surface area contributed by atoms with E-state index in [1.165, 1.54) is 4.90 Å². The summed E-state index contributed by atoms with van der Waals surface area (Å²) in [5.41, 5.74) is 0.365. The molecule has 1 amide bonds. The van der Waals surface area contributed by atoms with Gasteiger partial charge < -0.3 is 9.47 Å². The van der Waals surface area contributed by atoms with Crippen LogP contribution in [-0.2, 0) is 14.3 Å². The van der Waals surface area contributed by atoms with Crippen molar-refractivity contribution in [2.45, 2.75) is 84.5 Å². The highest BCUT2D eigenvalue weighted by atomic mass is 79.9. The highest BCUT2D eigenvalue weighted by Gasteiger charge is 2.35. The van der Waals surface area contributed by atoms with E-state index in [1.807, 2.05) is 71.0 Å². The molecule has 5 nitrogen and oxygen atoms in total. The van der Waals surface area contributed by atoms with Crippen molar-refractivity contribution in [3.05, 3.63) is 40.4 Å². The van der Waals surface area contributed by atoms with E-state index in [9.17, 15) is 9.59 Å². The van der Waals surface area contributed by atoms with Crippen LogP contribution in [0.15, 0.2) is 34.8 Å². The van der Waals surface area contributed by atoms with E-state index >= 15 is 0 Å². The zero-order valence-electron chi connectivity index (χ0n) is 19.4. The van der Waals surface area contributed by atoms with E-state index in [-0.39, 0.29) is 24.5 Å². The maximum absolute atomic E-state index is 13.1. The SMILES string of the molecule is CC(C)C[C@H](C(=O)OC1CCCC1)N(C/C=C/c1ccc(Br)cc1)C(=O)OC(C)(C)C. The Hall–Kier alpha value is -1.82. The minimum absolute atomic E-state index is 0.0408. The molecule has 1 aliphatic carbocycles. The predicted octanol–water partition coefficient (Wildman–Crippen LogP) is 6.60. The van der Waals surface area contributed by atoms with E-state index in [1.54, 1.807) is 0 Å². The average Bonchev–Trinajstić information content (AvgIpc) is 3.16. The van der Waals surface area contributed by atoms with Crippen LogP contribution in [0.1, 0.15) is 72.3 Å². The topological polar surface area (TPSA) is 55.8 Å². The number of esters is 1. The van der Waals surface area contributed by atoms with Crippen molar-refractivity contribution >= 4 is 34.1 Å². The summed E-state index contributed by atoms with van der Waals surface area (Å²) in [6.07, 6.45) is 7.78. The van der Waals surface area contributed by atoms with E-state index in [0.29, 0.717) is 6.42 Å². The average molecular weight is 494 g/mol. The Morgan fingerprint density at radius 3 is 2.32 bits per heavy atom. The van der Waals surface area contributed by atoms with Crippen molar-refractivity contribution in [3.8, 4) is 0 Å². The van der Waals surface area contributed by atoms with Gasteiger partial charge in [-0.15, -0.1) is 0 Å². The van der Waals surface area contributed by atoms with Crippen LogP contribution in [0.4, 0.5) is 4.79 Å². The van der Waals surface area contributed by atoms with E-state index in [0.717, 1.165) is 35.7 Å². The molecule has 1 aromatic carbocycles. The van der Waals surface area contributed by atoms with Gasteiger partial charge in [0.25, 0.3) is 0 Å². The molecule has 0 bridgehead atoms. The molecule has 31 heavy (non-hydrogen) atoms. The number of rotatable bonds is 8. The second kappa shape index (κ2) is 11.7. The third kappa shape index (κ3) is 9.06. The van der Waals surface area contributed by atoms with Crippen molar-refractivity contribution in [1.82, 2.24) is 4.90 Å². The molecule has 0 unspecified atom stereocenters. The van der Waals surface area contributed by atoms with Crippen LogP contribution in [0, 0.1) is 5.92 Å². The number of carbonyl (C=O) groups is 2. The van der Waals surface area contributed by atoms with Gasteiger partial charge in [0.1, 0.15) is 17.7 Å². The number of hydrogen-bond donors (Lipinski definition) is 0. The number of carbonyl (C=O) groups excluding carboxylic acids is 2. The molecule has 0 aromatic heterocycles. The molecule has 0 N–H and O–H groups in total. The second-order valence-electron chi connectivity index (χ2n) is 9.58. The quantitative estimate of drug-likeness (QED) is 0.382. The number of ether oxygens (including phenoxy) is 2. The number of nitrogens with zero attached hydrogens (tertiary/aromatic N) is 1. The molecule has 1 aromatic rings. The summed E-state index contributed by atoms with van der Waals surface area (Å²) in [4.78, 5) is 27.7. The molecule has 6 heteroatoms. The maximum Gasteiger partial charge on any atom is 0.411 e. The minimum atomic E-state index is -0.676. The van der Waals surface area contributed by atoms with Gasteiger partial charge in [-0.05, 0) is 76.5 Å². The summed E-state index contributed by atoms with van der Waals surface area (Å²) in [6.45, 7) is 9.84. The summed E-state index contributed by atoms with van der Waals surface area (Å²) in [7, 11) is 0. The Labute approximate surface area is 195 Å². The number of hydrogen-bond acceptors (Lipinski definition) is 4. The predicted molar refractivity (Wildman–Crippen MR) is 128 cm³/mol. The summed E-state index contributed by atoms with van der Waals surface area (Å²) in [6, 6.07) is 7.22. The van der Waals surface area contributed by atoms with E-state index in [2.05, 4.69) is 15.9 Å². The fraction of sp³-hybridized carbons (Fsp3) is 0.600. The van der Waals surface area contributed by atoms with Crippen LogP contribution in [0.5, 0.6) is 0 Å². The lowest BCUT2D eigenvalue weighted by molar-refractivity contribution is -0.155. The molecule has 0 saturated heterocycles. The molecule has 0 radical (unpaired) electrons. The van der Waals surface area contributed by atoms with Crippen LogP contribution in [0.25, 0.3) is 6.08 Å². The van der Waals surface area contributed by atoms with Crippen LogP contribution in [0.3, 0.4) is 0 Å². The molecule has 1 atom stereocenters. The lowest BCUT2D eigenvalue weighted by atomic mass is 10.0. The zero-order chi connectivity index (χ0) is 23.0. The van der Waals surface area contributed by atoms with Crippen molar-refractivity contribution in [1.29, 1.82) is 0 Å². The first kappa shape index (κ1) is 25.4. The molecule has 2 rings (SSSR count). The van der Waals surface area contributed by atoms with Gasteiger partial charge in [-0.3, -0.25) is 4.90 Å². The highest BCUT2D eigenvalue weighted by Crippen LogP contribution is 2.24. The first-order valence-electron chi connectivity index (χ1n) is 11.2. The highest BCUT2D eigenvalue weighted by molar-refractivity contribution is 9.10. The number of amides is 1. The molecule has 1 saturated carbocycles. The van der Waals surface area contributed by atoms with Gasteiger partial charge in [-0.2, -0.15) is 0 Å². The molecule has 172 valence electrons. The van der Waals surface area contributed by atoms with Gasteiger partial charge in [0.15, 0.2) is 0 Å². The lowest BCUT2D eigenvalue weighted by Crippen LogP contribution is -2.49. The summed E-state index contributed by atoms with van der Waals surface area (Å²) in [5, 5.41) is 0. The second-order valence-corrected chi connectivity index (χ2v) is 10.5. The standard InChI is InChI=1S/C25H36BrNO4/c1-18(2)17-22(23(28)30-21-10-6-7-11-21)27(24(29)31-25(3,4)5)16-8-9-19-12-14-20(26)15-13-19/h8-9,12-15,18,21-22H,6-7,10-11,16-17H2,1-5H3/b9-8+/t22-/m1/s1. The van der Waals surface area contributed by atoms with Gasteiger partial charge in [0.05, 0.1) is 0 Å². The van der Waals surface area contributed by atoms with E-state index < -0.39 is 17.7 Å². The number of benzene rings is 1. The molecule has 1 aliphatic rings. The van der Waals surface area contributed by atoms with Crippen molar-refractivity contribution in [2.75, 3.05) is 6.54 Å². The van der Waals surface area contributed by atoms with Gasteiger partial charge in [0.2, 0.25) is 0 Å². The summed E-state index contributed by atoms with van der Waals surface area (Å²) >= 11 is 3.43. The maximum atomic E-state index is 13.1. The Morgan fingerprint density at radius 2 is 1.77 bits per heavy atom. The lowest BCUT2D eigenvalue weighted by Gasteiger charge is -2.33. The molecular weight excluding hydrogens is 458 g/mol. The van der Waals surface area contributed by atoms with E-state index in [4.69, 9.17) is 9.47 Å². The monoisotopic (exact) mass is 493 g/mol. The molecule has 0 spiro atoms. The van der Waals surface area contributed by atoms with Gasteiger partial charge >= 0.3 is 12.1 Å². The molecule has 0 aliphatic heterocycles. The Bertz CT molecular complexity index is 746. The summed E-state index contributed by atoms with van der Waals surface area (Å²) in [5.74, 6) is -0.106. The minimum Gasteiger partial charge on any atom is -0.461 e. The first-order valence-corrected chi connectivity index (χ1v) is 12.0. The van der Waals surface area contributed by atoms with Crippen LogP contribution >= 0.6 is 15.9 Å². The normalized spacial score (nSPS) is 16.0. The van der Waals surface area contributed by atoms with Gasteiger partial charge in [-0.25, -0.2) is 9.59 Å². The molecule has 0 heterocycles. The molecule has 1 fully saturated rings.